The Kier molecular flexibility index (Phi) is 1.89. The third-order valence-electron chi connectivity index (χ3n) is 2.42. The predicted molar refractivity (Wildman–Crippen MR) is 61.5 cm³/mol. The molecule has 0 spiro atoms. The second-order valence-corrected chi connectivity index (χ2v) is 3.47. The van der Waals surface area contributed by atoms with Crippen LogP contribution in [0.25, 0.3) is 11.0 Å². The van der Waals surface area contributed by atoms with Crippen LogP contribution in [0.2, 0.25) is 0 Å². The van der Waals surface area contributed by atoms with Gasteiger partial charge in [-0.2, -0.15) is 5.10 Å². The highest BCUT2D eigenvalue weighted by Gasteiger charge is 2.12. The summed E-state index contributed by atoms with van der Waals surface area (Å²) in [6.45, 7) is 0.585. The molecular formula is C11H9N3O2. The van der Waals surface area contributed by atoms with Crippen molar-refractivity contribution in [1.82, 2.24) is 5.53 Å². The fourth-order valence-corrected chi connectivity index (χ4v) is 1.64. The summed E-state index contributed by atoms with van der Waals surface area (Å²) in [6, 6.07) is 8.64. The van der Waals surface area contributed by atoms with E-state index in [-0.39, 0.29) is 5.43 Å². The zero-order valence-corrected chi connectivity index (χ0v) is 8.38. The monoisotopic (exact) mass is 215 g/mol. The molecule has 16 heavy (non-hydrogen) atoms. The van der Waals surface area contributed by atoms with Crippen LogP contribution in [0.5, 0.6) is 0 Å². The topological polar surface area (TPSA) is 57.8 Å². The number of nitrogens with zero attached hydrogens (tertiary/aromatic N) is 2. The van der Waals surface area contributed by atoms with Crippen LogP contribution in [-0.2, 0) is 0 Å². The number of hydrogen-bond acceptors (Lipinski definition) is 5. The Balaban J connectivity index is 2.17. The van der Waals surface area contributed by atoms with Crippen LogP contribution in [0.4, 0.5) is 5.88 Å². The summed E-state index contributed by atoms with van der Waals surface area (Å²) in [7, 11) is 0. The highest BCUT2D eigenvalue weighted by Crippen LogP contribution is 2.17. The molecule has 1 N–H and O–H groups in total. The standard InChI is InChI=1S/C11H9N3O2/c15-9-7-11(14-6-5-12-13-14)16-10-4-2-1-3-8(9)10/h1-5,7,13H,6H2. The van der Waals surface area contributed by atoms with Crippen LogP contribution in [0.1, 0.15) is 0 Å². The molecule has 0 amide bonds. The lowest BCUT2D eigenvalue weighted by atomic mass is 10.2. The normalized spacial score (nSPS) is 14.4. The van der Waals surface area contributed by atoms with E-state index < -0.39 is 0 Å². The minimum absolute atomic E-state index is 0.0504. The molecule has 1 aromatic heterocycles. The number of anilines is 1. The van der Waals surface area contributed by atoms with Gasteiger partial charge in [-0.3, -0.25) is 4.79 Å². The van der Waals surface area contributed by atoms with Crippen molar-refractivity contribution in [2.24, 2.45) is 5.10 Å². The van der Waals surface area contributed by atoms with Crippen LogP contribution >= 0.6 is 0 Å². The molecule has 0 bridgehead atoms. The summed E-state index contributed by atoms with van der Waals surface area (Å²) in [5.74, 6) is 0.473. The van der Waals surface area contributed by atoms with E-state index in [0.29, 0.717) is 23.4 Å². The lowest BCUT2D eigenvalue weighted by Crippen LogP contribution is -2.30. The van der Waals surface area contributed by atoms with Crippen molar-refractivity contribution < 1.29 is 4.42 Å². The Morgan fingerprint density at radius 3 is 3.06 bits per heavy atom. The number of nitrogens with one attached hydrogen (secondary N) is 1. The van der Waals surface area contributed by atoms with Crippen molar-refractivity contribution >= 4 is 23.1 Å². The van der Waals surface area contributed by atoms with Gasteiger partial charge in [0.25, 0.3) is 0 Å². The Morgan fingerprint density at radius 1 is 1.38 bits per heavy atom. The predicted octanol–water partition coefficient (Wildman–Crippen LogP) is 1.10. The van der Waals surface area contributed by atoms with Crippen molar-refractivity contribution in [3.63, 3.8) is 0 Å². The van der Waals surface area contributed by atoms with Crippen molar-refractivity contribution in [2.75, 3.05) is 11.6 Å². The molecule has 0 saturated heterocycles. The summed E-state index contributed by atoms with van der Waals surface area (Å²) >= 11 is 0. The molecule has 5 nitrogen and oxygen atoms in total. The second kappa shape index (κ2) is 3.37. The second-order valence-electron chi connectivity index (χ2n) is 3.47. The molecule has 0 atom stereocenters. The molecule has 0 saturated carbocycles. The Labute approximate surface area is 90.9 Å². The van der Waals surface area contributed by atoms with E-state index in [2.05, 4.69) is 10.6 Å². The van der Waals surface area contributed by atoms with Gasteiger partial charge in [-0.25, -0.2) is 10.5 Å². The number of rotatable bonds is 1. The zero-order valence-electron chi connectivity index (χ0n) is 8.38. The number of hydrogen-bond donors (Lipinski definition) is 1. The third kappa shape index (κ3) is 1.33. The molecule has 80 valence electrons. The van der Waals surface area contributed by atoms with E-state index in [9.17, 15) is 4.79 Å². The summed E-state index contributed by atoms with van der Waals surface area (Å²) in [5, 5.41) is 6.09. The Hall–Kier alpha value is -2.30. The maximum absolute atomic E-state index is 11.8. The average Bonchev–Trinajstić information content (AvgIpc) is 2.82. The van der Waals surface area contributed by atoms with Crippen molar-refractivity contribution in [2.45, 2.75) is 0 Å². The summed E-state index contributed by atoms with van der Waals surface area (Å²) in [5.41, 5.74) is 3.27. The lowest BCUT2D eigenvalue weighted by molar-refractivity contribution is 0.558. The Bertz CT molecular complexity index is 610. The highest BCUT2D eigenvalue weighted by molar-refractivity contribution is 5.78. The highest BCUT2D eigenvalue weighted by atomic mass is 16.4. The third-order valence-corrected chi connectivity index (χ3v) is 2.42. The number of para-hydroxylation sites is 1. The van der Waals surface area contributed by atoms with Gasteiger partial charge >= 0.3 is 0 Å². The zero-order chi connectivity index (χ0) is 11.0. The molecule has 0 fully saturated rings. The maximum Gasteiger partial charge on any atom is 0.220 e. The van der Waals surface area contributed by atoms with E-state index in [0.717, 1.165) is 0 Å². The van der Waals surface area contributed by atoms with Gasteiger partial charge in [-0.05, 0) is 12.1 Å². The summed E-state index contributed by atoms with van der Waals surface area (Å²) in [4.78, 5) is 11.8. The molecule has 2 aromatic rings. The number of hydrazone groups is 1. The van der Waals surface area contributed by atoms with E-state index >= 15 is 0 Å². The van der Waals surface area contributed by atoms with Crippen molar-refractivity contribution in [3.05, 3.63) is 40.6 Å². The minimum Gasteiger partial charge on any atom is -0.438 e. The fraction of sp³-hybridized carbons (Fsp3) is 0.0909. The summed E-state index contributed by atoms with van der Waals surface area (Å²) in [6.07, 6.45) is 1.70. The van der Waals surface area contributed by atoms with Crippen LogP contribution in [0.15, 0.2) is 44.6 Å². The molecule has 3 rings (SSSR count). The average molecular weight is 215 g/mol. The van der Waals surface area contributed by atoms with Crippen LogP contribution < -0.4 is 16.0 Å². The molecule has 1 aliphatic heterocycles. The number of hydrazine groups is 1. The van der Waals surface area contributed by atoms with Gasteiger partial charge in [0.2, 0.25) is 5.88 Å². The van der Waals surface area contributed by atoms with E-state index in [1.165, 1.54) is 6.07 Å². The molecular weight excluding hydrogens is 206 g/mol. The number of benzene rings is 1. The van der Waals surface area contributed by atoms with Crippen LogP contribution in [0, 0.1) is 0 Å². The van der Waals surface area contributed by atoms with Gasteiger partial charge in [-0.1, -0.05) is 12.1 Å². The molecule has 5 heteroatoms. The van der Waals surface area contributed by atoms with Crippen molar-refractivity contribution in [3.8, 4) is 0 Å². The van der Waals surface area contributed by atoms with Crippen LogP contribution in [-0.4, -0.2) is 12.8 Å². The molecule has 1 aliphatic rings. The maximum atomic E-state index is 11.8. The van der Waals surface area contributed by atoms with Gasteiger partial charge in [0.1, 0.15) is 5.58 Å². The fourth-order valence-electron chi connectivity index (χ4n) is 1.64. The molecule has 0 unspecified atom stereocenters. The smallest absolute Gasteiger partial charge is 0.220 e. The minimum atomic E-state index is -0.0504. The SMILES string of the molecule is O=c1cc(N2CC=NN2)oc2ccccc12. The van der Waals surface area contributed by atoms with Gasteiger partial charge < -0.3 is 4.42 Å². The molecule has 0 aliphatic carbocycles. The molecule has 2 heterocycles. The molecule has 1 aromatic carbocycles. The van der Waals surface area contributed by atoms with Crippen LogP contribution in [0.3, 0.4) is 0 Å². The quantitative estimate of drug-likeness (QED) is 0.774. The first-order valence-electron chi connectivity index (χ1n) is 4.92. The number of fused-ring (bicyclic) bond motifs is 1. The Morgan fingerprint density at radius 2 is 2.25 bits per heavy atom. The first-order chi connectivity index (χ1) is 7.84. The van der Waals surface area contributed by atoms with Gasteiger partial charge in [0.05, 0.1) is 11.9 Å². The first-order valence-corrected chi connectivity index (χ1v) is 4.92. The van der Waals surface area contributed by atoms with E-state index in [1.807, 2.05) is 12.1 Å². The lowest BCUT2D eigenvalue weighted by Gasteiger charge is -2.14. The van der Waals surface area contributed by atoms with Gasteiger partial charge in [-0.15, -0.1) is 0 Å². The van der Waals surface area contributed by atoms with E-state index in [4.69, 9.17) is 4.42 Å². The van der Waals surface area contributed by atoms with Crippen molar-refractivity contribution in [1.29, 1.82) is 0 Å². The summed E-state index contributed by atoms with van der Waals surface area (Å²) < 4.78 is 5.61. The van der Waals surface area contributed by atoms with Gasteiger partial charge in [0.15, 0.2) is 5.43 Å². The van der Waals surface area contributed by atoms with E-state index in [1.54, 1.807) is 23.4 Å². The largest absolute Gasteiger partial charge is 0.438 e. The molecule has 0 radical (unpaired) electrons. The van der Waals surface area contributed by atoms with Gasteiger partial charge in [0, 0.05) is 12.3 Å². The first kappa shape index (κ1) is 8.96.